The number of aliphatic hydroxyl groups is 1. The first-order valence-corrected chi connectivity index (χ1v) is 17.3. The lowest BCUT2D eigenvalue weighted by Gasteiger charge is -2.48. The van der Waals surface area contributed by atoms with Crippen LogP contribution in [0.2, 0.25) is 0 Å². The van der Waals surface area contributed by atoms with Gasteiger partial charge in [0.2, 0.25) is 5.91 Å². The summed E-state index contributed by atoms with van der Waals surface area (Å²) in [6, 6.07) is 52.3. The van der Waals surface area contributed by atoms with Crippen molar-refractivity contribution in [2.75, 3.05) is 16.4 Å². The number of nitrogens with zero attached hydrogens (tertiary/aromatic N) is 2. The van der Waals surface area contributed by atoms with Crippen molar-refractivity contribution in [2.45, 2.75) is 30.7 Å². The van der Waals surface area contributed by atoms with Crippen molar-refractivity contribution in [1.29, 1.82) is 0 Å². The summed E-state index contributed by atoms with van der Waals surface area (Å²) in [5.41, 5.74) is 3.99. The number of anilines is 2. The van der Waals surface area contributed by atoms with Gasteiger partial charge in [-0.1, -0.05) is 149 Å². The van der Waals surface area contributed by atoms with Gasteiger partial charge < -0.3 is 19.6 Å². The number of rotatable bonds is 8. The van der Waals surface area contributed by atoms with Crippen LogP contribution in [0.1, 0.15) is 33.4 Å². The van der Waals surface area contributed by atoms with Crippen LogP contribution in [-0.2, 0) is 35.4 Å². The predicted molar refractivity (Wildman–Crippen MR) is 198 cm³/mol. The molecule has 2 heterocycles. The van der Waals surface area contributed by atoms with Gasteiger partial charge in [0.1, 0.15) is 23.4 Å². The summed E-state index contributed by atoms with van der Waals surface area (Å²) in [6.45, 7) is 1.65. The molecule has 49 heavy (non-hydrogen) atoms. The zero-order chi connectivity index (χ0) is 33.4. The van der Waals surface area contributed by atoms with Crippen molar-refractivity contribution >= 4 is 33.2 Å². The molecule has 1 unspecified atom stereocenters. The number of benzene rings is 6. The molecular formula is C43H35BrN2O3. The second-order valence-electron chi connectivity index (χ2n) is 12.8. The Balaban J connectivity index is 1.31. The molecule has 0 saturated heterocycles. The van der Waals surface area contributed by atoms with Gasteiger partial charge in [0.15, 0.2) is 0 Å². The van der Waals surface area contributed by atoms with E-state index < -0.39 is 11.0 Å². The van der Waals surface area contributed by atoms with Crippen LogP contribution < -0.4 is 14.5 Å². The van der Waals surface area contributed by atoms with Crippen LogP contribution in [0.15, 0.2) is 162 Å². The lowest BCUT2D eigenvalue weighted by atomic mass is 9.60. The minimum Gasteiger partial charge on any atom is -0.490 e. The quantitative estimate of drug-likeness (QED) is 0.172. The monoisotopic (exact) mass is 706 g/mol. The van der Waals surface area contributed by atoms with Gasteiger partial charge in [-0.05, 0) is 46.0 Å². The van der Waals surface area contributed by atoms with Crippen LogP contribution in [0.25, 0.3) is 0 Å². The zero-order valence-electron chi connectivity index (χ0n) is 26.9. The van der Waals surface area contributed by atoms with E-state index in [0.29, 0.717) is 36.5 Å². The number of ether oxygens (including phenoxy) is 1. The van der Waals surface area contributed by atoms with Gasteiger partial charge in [0.05, 0.1) is 6.54 Å². The maximum absolute atomic E-state index is 15.4. The zero-order valence-corrected chi connectivity index (χ0v) is 28.5. The Morgan fingerprint density at radius 2 is 1.22 bits per heavy atom. The molecule has 2 atom stereocenters. The number of carbonyl (C=O) groups excluding carboxylic acids is 1. The van der Waals surface area contributed by atoms with E-state index in [0.717, 1.165) is 27.0 Å². The van der Waals surface area contributed by atoms with E-state index >= 15 is 4.79 Å². The van der Waals surface area contributed by atoms with Crippen molar-refractivity contribution in [3.05, 3.63) is 196 Å². The van der Waals surface area contributed by atoms with Crippen LogP contribution >= 0.6 is 15.9 Å². The number of fused-ring (bicyclic) bond motifs is 4. The Kier molecular flexibility index (Phi) is 8.06. The summed E-state index contributed by atoms with van der Waals surface area (Å²) in [5.74, 6) is 0.409. The first-order valence-electron chi connectivity index (χ1n) is 16.5. The lowest BCUT2D eigenvalue weighted by Crippen LogP contribution is -2.61. The molecule has 6 aromatic carbocycles. The van der Waals surface area contributed by atoms with E-state index in [1.165, 1.54) is 11.1 Å². The molecule has 1 amide bonds. The van der Waals surface area contributed by atoms with Crippen LogP contribution in [-0.4, -0.2) is 17.6 Å². The summed E-state index contributed by atoms with van der Waals surface area (Å²) in [5, 5.41) is 13.1. The Morgan fingerprint density at radius 3 is 1.84 bits per heavy atom. The molecular weight excluding hydrogens is 672 g/mol. The molecule has 8 rings (SSSR count). The van der Waals surface area contributed by atoms with Crippen LogP contribution in [0.5, 0.6) is 5.75 Å². The fourth-order valence-electron chi connectivity index (χ4n) is 7.57. The fraction of sp³-hybridized carbons (Fsp3) is 0.140. The summed E-state index contributed by atoms with van der Waals surface area (Å²) in [6.07, 6.45) is 0. The van der Waals surface area contributed by atoms with Gasteiger partial charge in [-0.25, -0.2) is 0 Å². The molecule has 0 aromatic heterocycles. The molecule has 242 valence electrons. The van der Waals surface area contributed by atoms with Crippen molar-refractivity contribution in [3.63, 3.8) is 0 Å². The molecule has 1 N–H and O–H groups in total. The van der Waals surface area contributed by atoms with Crippen molar-refractivity contribution in [2.24, 2.45) is 0 Å². The smallest absolute Gasteiger partial charge is 0.246 e. The molecule has 0 radical (unpaired) electrons. The van der Waals surface area contributed by atoms with Gasteiger partial charge in [0, 0.05) is 40.6 Å². The number of hydrogen-bond donors (Lipinski definition) is 1. The predicted octanol–water partition coefficient (Wildman–Crippen LogP) is 8.77. The highest BCUT2D eigenvalue weighted by Gasteiger charge is 2.67. The molecule has 5 nitrogen and oxygen atoms in total. The van der Waals surface area contributed by atoms with E-state index in [4.69, 9.17) is 4.74 Å². The van der Waals surface area contributed by atoms with E-state index in [1.54, 1.807) is 0 Å². The highest BCUT2D eigenvalue weighted by Crippen LogP contribution is 2.60. The fourth-order valence-corrected chi connectivity index (χ4v) is 7.91. The second kappa shape index (κ2) is 12.7. The summed E-state index contributed by atoms with van der Waals surface area (Å²) >= 11 is 3.66. The van der Waals surface area contributed by atoms with E-state index in [1.807, 2.05) is 108 Å². The van der Waals surface area contributed by atoms with Crippen molar-refractivity contribution in [3.8, 4) is 5.75 Å². The average molecular weight is 708 g/mol. The van der Waals surface area contributed by atoms with Gasteiger partial charge in [-0.3, -0.25) is 4.79 Å². The average Bonchev–Trinajstić information content (AvgIpc) is 3.38. The van der Waals surface area contributed by atoms with E-state index in [9.17, 15) is 5.11 Å². The second-order valence-corrected chi connectivity index (χ2v) is 13.7. The minimum absolute atomic E-state index is 0.0920. The normalized spacial score (nSPS) is 19.3. The first kappa shape index (κ1) is 31.1. The largest absolute Gasteiger partial charge is 0.490 e. The van der Waals surface area contributed by atoms with E-state index in [-0.39, 0.29) is 12.5 Å². The van der Waals surface area contributed by atoms with Crippen LogP contribution in [0.4, 0.5) is 11.4 Å². The molecule has 6 aromatic rings. The van der Waals surface area contributed by atoms with Crippen molar-refractivity contribution < 1.29 is 14.6 Å². The Labute approximate surface area is 295 Å². The van der Waals surface area contributed by atoms with Gasteiger partial charge >= 0.3 is 0 Å². The third-order valence-corrected chi connectivity index (χ3v) is 10.4. The molecule has 0 fully saturated rings. The Morgan fingerprint density at radius 1 is 0.673 bits per heavy atom. The highest BCUT2D eigenvalue weighted by molar-refractivity contribution is 9.10. The number of halogens is 1. The maximum atomic E-state index is 15.4. The Hall–Kier alpha value is -5.17. The third kappa shape index (κ3) is 5.32. The van der Waals surface area contributed by atoms with Crippen LogP contribution in [0.3, 0.4) is 0 Å². The molecule has 0 aliphatic carbocycles. The number of amides is 1. The summed E-state index contributed by atoms with van der Waals surface area (Å²) in [4.78, 5) is 19.5. The van der Waals surface area contributed by atoms with Crippen LogP contribution in [0, 0.1) is 0 Å². The van der Waals surface area contributed by atoms with Gasteiger partial charge in [-0.2, -0.15) is 0 Å². The third-order valence-electron chi connectivity index (χ3n) is 9.88. The maximum Gasteiger partial charge on any atom is 0.246 e. The van der Waals surface area contributed by atoms with E-state index in [2.05, 4.69) is 75.4 Å². The number of carbonyl (C=O) groups is 1. The standard InChI is InChI=1S/C43H35BrN2O3/c44-35-21-23-37-39(25-35)46(29-33-17-9-3-10-18-33)41(47)43(37)38-24-22-36(26-40(38)49-30-42(43,48)34-19-11-4-12-20-34)45(27-31-13-5-1-6-14-31)28-32-15-7-2-8-16-32/h1-26,48H,27-30H2/t42-,43?/m0/s1. The molecule has 2 aliphatic rings. The molecule has 0 bridgehead atoms. The van der Waals surface area contributed by atoms with Crippen molar-refractivity contribution in [1.82, 2.24) is 0 Å². The molecule has 2 aliphatic heterocycles. The number of hydrogen-bond acceptors (Lipinski definition) is 4. The Bertz CT molecular complexity index is 2070. The first-order chi connectivity index (χ1) is 24.0. The van der Waals surface area contributed by atoms with Gasteiger partial charge in [-0.15, -0.1) is 0 Å². The topological polar surface area (TPSA) is 53.0 Å². The summed E-state index contributed by atoms with van der Waals surface area (Å²) in [7, 11) is 0. The summed E-state index contributed by atoms with van der Waals surface area (Å²) < 4.78 is 7.41. The lowest BCUT2D eigenvalue weighted by molar-refractivity contribution is -0.139. The van der Waals surface area contributed by atoms with Gasteiger partial charge in [0.25, 0.3) is 0 Å². The molecule has 1 spiro atoms. The molecule has 6 heteroatoms. The molecule has 0 saturated carbocycles. The minimum atomic E-state index is -1.69. The highest BCUT2D eigenvalue weighted by atomic mass is 79.9. The SMILES string of the molecule is O=C1N(Cc2ccccc2)c2cc(Br)ccc2C12c1ccc(N(Cc3ccccc3)Cc3ccccc3)cc1OC[C@]2(O)c1ccccc1.